The van der Waals surface area contributed by atoms with Crippen molar-refractivity contribution in [2.75, 3.05) is 17.7 Å². The molecule has 0 atom stereocenters. The maximum atomic E-state index is 13.1. The Bertz CT molecular complexity index is 3360. The van der Waals surface area contributed by atoms with Crippen LogP contribution in [0.25, 0.3) is 32.3 Å². The fourth-order valence-electron chi connectivity index (χ4n) is 6.20. The molecule has 0 saturated carbocycles. The maximum Gasteiger partial charge on any atom is 1.00 e. The number of methoxy groups -OCH3 is 1. The number of nitrogens with one attached hydrogen (secondary N) is 2. The van der Waals surface area contributed by atoms with E-state index in [1.54, 1.807) is 24.3 Å². The fourth-order valence-corrected chi connectivity index (χ4v) is 8.16. The SMILES string of the molecule is COc1ccccc1N=Nc1cc2c(O)cc(NC(=O)Nc3ccc4c(O)c(N=Nc5ccc(S(=O)(=O)[O-])c6ccccc56)c(S(=O)(=O)[O-])cc4c3)cc2cc1S(=O)(=O)[O-].[Na+].[Na+].[Na+]. The van der Waals surface area contributed by atoms with Crippen molar-refractivity contribution in [1.29, 1.82) is 0 Å². The molecule has 0 aliphatic carbocycles. The number of para-hydroxylation sites is 1. The summed E-state index contributed by atoms with van der Waals surface area (Å²) in [6.45, 7) is 0. The number of fused-ring (bicyclic) bond motifs is 3. The van der Waals surface area contributed by atoms with Crippen molar-refractivity contribution in [2.45, 2.75) is 14.7 Å². The number of hydrogen-bond donors (Lipinski definition) is 4. The molecule has 7 rings (SSSR count). The third-order valence-corrected chi connectivity index (χ3v) is 11.5. The van der Waals surface area contributed by atoms with Gasteiger partial charge in [0.05, 0.1) is 27.5 Å². The summed E-state index contributed by atoms with van der Waals surface area (Å²) in [5.74, 6) is -0.895. The van der Waals surface area contributed by atoms with Crippen LogP contribution < -0.4 is 104 Å². The number of benzene rings is 7. The molecule has 0 unspecified atom stereocenters. The van der Waals surface area contributed by atoms with Gasteiger partial charge in [0.1, 0.15) is 58.9 Å². The van der Waals surface area contributed by atoms with E-state index in [2.05, 4.69) is 31.1 Å². The molecule has 0 saturated heterocycles. The Morgan fingerprint density at radius 1 is 0.540 bits per heavy atom. The van der Waals surface area contributed by atoms with Gasteiger partial charge >= 0.3 is 94.7 Å². The van der Waals surface area contributed by atoms with E-state index in [0.29, 0.717) is 5.75 Å². The van der Waals surface area contributed by atoms with E-state index in [-0.39, 0.29) is 149 Å². The summed E-state index contributed by atoms with van der Waals surface area (Å²) in [5.41, 5.74) is -0.936. The maximum absolute atomic E-state index is 13.1. The van der Waals surface area contributed by atoms with Crippen LogP contribution in [-0.2, 0) is 30.4 Å². The average molecular weight is 939 g/mol. The molecule has 19 nitrogen and oxygen atoms in total. The standard InChI is InChI=1S/C38H28N6O13S3.3Na/c1-57-32-9-5-4-8-29(32)42-43-30-19-27-21(16-34(30)59(51,52)53)15-23(18-31(27)45)40-38(47)39-22-10-11-24-20(14-22)17-35(60(54,55)56)36(37(24)46)44-41-28-12-13-33(58(48,49)50)26-7-3-2-6-25(26)28;;;/h2-19,45-46H,1H3,(H2,39,40,47)(H,48,49,50)(H,51,52,53)(H,54,55,56);;;/q;3*+1/p-3. The Kier molecular flexibility index (Phi) is 16.7. The first-order valence-electron chi connectivity index (χ1n) is 16.9. The van der Waals surface area contributed by atoms with Gasteiger partial charge in [-0.15, -0.1) is 20.5 Å². The van der Waals surface area contributed by atoms with Crippen molar-refractivity contribution < 1.29 is 147 Å². The van der Waals surface area contributed by atoms with Gasteiger partial charge in [-0.2, -0.15) is 0 Å². The van der Waals surface area contributed by atoms with Gasteiger partial charge in [-0.05, 0) is 77.5 Å². The summed E-state index contributed by atoms with van der Waals surface area (Å²) >= 11 is 0. The number of carbonyl (C=O) groups excluding carboxylic acids is 1. The average Bonchev–Trinajstić information content (AvgIpc) is 3.18. The van der Waals surface area contributed by atoms with Crippen LogP contribution in [0.1, 0.15) is 0 Å². The molecule has 0 fully saturated rings. The third-order valence-electron chi connectivity index (χ3n) is 8.85. The first-order chi connectivity index (χ1) is 28.3. The van der Waals surface area contributed by atoms with Gasteiger partial charge in [0.15, 0.2) is 5.75 Å². The quantitative estimate of drug-likeness (QED) is 0.0710. The van der Waals surface area contributed by atoms with E-state index in [9.17, 15) is 53.9 Å². The topological polar surface area (TPSA) is 312 Å². The number of urea groups is 1. The Morgan fingerprint density at radius 2 is 1.10 bits per heavy atom. The minimum Gasteiger partial charge on any atom is -0.744 e. The molecule has 7 aromatic rings. The first-order valence-corrected chi connectivity index (χ1v) is 21.1. The van der Waals surface area contributed by atoms with Crippen LogP contribution >= 0.6 is 0 Å². The van der Waals surface area contributed by atoms with Gasteiger partial charge in [-0.1, -0.05) is 36.4 Å². The minimum atomic E-state index is -5.33. The first kappa shape index (κ1) is 51.6. The molecule has 0 heterocycles. The van der Waals surface area contributed by atoms with Crippen LogP contribution in [0.15, 0.2) is 144 Å². The summed E-state index contributed by atoms with van der Waals surface area (Å²) < 4.78 is 114. The van der Waals surface area contributed by atoms with Gasteiger partial charge in [-0.3, -0.25) is 0 Å². The smallest absolute Gasteiger partial charge is 0.744 e. The zero-order chi connectivity index (χ0) is 43.1. The van der Waals surface area contributed by atoms with E-state index in [1.165, 1.54) is 55.6 Å². The van der Waals surface area contributed by atoms with E-state index in [0.717, 1.165) is 36.4 Å². The van der Waals surface area contributed by atoms with Gasteiger partial charge in [0, 0.05) is 39.0 Å². The van der Waals surface area contributed by atoms with Gasteiger partial charge in [0.25, 0.3) is 0 Å². The molecule has 2 amide bonds. The Hall–Kier alpha value is -4.08. The molecule has 4 N–H and O–H groups in total. The number of carbonyl (C=O) groups is 1. The zero-order valence-corrected chi connectivity index (χ0v) is 41.7. The Labute approximate surface area is 424 Å². The minimum absolute atomic E-state index is 0. The van der Waals surface area contributed by atoms with Crippen LogP contribution in [0.2, 0.25) is 0 Å². The van der Waals surface area contributed by atoms with Crippen LogP contribution in [-0.4, -0.2) is 62.3 Å². The molecule has 63 heavy (non-hydrogen) atoms. The number of hydrogen-bond acceptors (Lipinski definition) is 17. The summed E-state index contributed by atoms with van der Waals surface area (Å²) in [5, 5.41) is 42.8. The van der Waals surface area contributed by atoms with E-state index >= 15 is 0 Å². The number of amides is 2. The number of azo groups is 2. The van der Waals surface area contributed by atoms with E-state index in [1.807, 2.05) is 0 Å². The molecule has 0 aliphatic heterocycles. The largest absolute Gasteiger partial charge is 1.00 e. The van der Waals surface area contributed by atoms with Crippen LogP contribution in [0.4, 0.5) is 38.9 Å². The van der Waals surface area contributed by atoms with Crippen molar-refractivity contribution in [3.05, 3.63) is 109 Å². The van der Waals surface area contributed by atoms with Gasteiger partial charge in [-0.25, -0.2) is 30.0 Å². The predicted octanol–water partition coefficient (Wildman–Crippen LogP) is -1.23. The molecular weight excluding hydrogens is 914 g/mol. The molecule has 306 valence electrons. The summed E-state index contributed by atoms with van der Waals surface area (Å²) in [6.07, 6.45) is 0. The number of phenolic OH excluding ortho intramolecular Hbond substituents is 2. The Balaban J connectivity index is 0.00000290. The number of anilines is 2. The third kappa shape index (κ3) is 11.4. The molecule has 0 radical (unpaired) electrons. The number of aromatic hydroxyl groups is 2. The summed E-state index contributed by atoms with van der Waals surface area (Å²) in [4.78, 5) is 10.8. The van der Waals surface area contributed by atoms with E-state index in [4.69, 9.17) is 4.74 Å². The number of ether oxygens (including phenoxy) is 1. The molecule has 0 spiro atoms. The molecule has 0 bridgehead atoms. The summed E-state index contributed by atoms with van der Waals surface area (Å²) in [7, 11) is -14.0. The monoisotopic (exact) mass is 938 g/mol. The normalized spacial score (nSPS) is 11.9. The van der Waals surface area contributed by atoms with E-state index < -0.39 is 68.3 Å². The number of phenols is 2. The van der Waals surface area contributed by atoms with Crippen molar-refractivity contribution in [3.8, 4) is 17.2 Å². The molecule has 0 aliphatic rings. The fraction of sp³-hybridized carbons (Fsp3) is 0.0263. The van der Waals surface area contributed by atoms with Crippen molar-refractivity contribution in [3.63, 3.8) is 0 Å². The van der Waals surface area contributed by atoms with Crippen LogP contribution in [0.5, 0.6) is 17.2 Å². The second-order valence-electron chi connectivity index (χ2n) is 12.7. The van der Waals surface area contributed by atoms with Gasteiger partial charge in [0.2, 0.25) is 0 Å². The predicted molar refractivity (Wildman–Crippen MR) is 213 cm³/mol. The number of nitrogens with zero attached hydrogens (tertiary/aromatic N) is 4. The molecular formula is C38H25N6Na3O13S3. The van der Waals surface area contributed by atoms with Crippen LogP contribution in [0, 0.1) is 0 Å². The zero-order valence-electron chi connectivity index (χ0n) is 33.3. The van der Waals surface area contributed by atoms with Gasteiger partial charge < -0.3 is 39.2 Å². The number of rotatable bonds is 10. The van der Waals surface area contributed by atoms with Crippen molar-refractivity contribution >= 4 is 103 Å². The van der Waals surface area contributed by atoms with Crippen molar-refractivity contribution in [2.24, 2.45) is 20.5 Å². The molecule has 25 heteroatoms. The molecule has 0 aromatic heterocycles. The van der Waals surface area contributed by atoms with Crippen molar-refractivity contribution in [1.82, 2.24) is 0 Å². The molecule has 7 aromatic carbocycles. The second-order valence-corrected chi connectivity index (χ2v) is 16.7. The van der Waals surface area contributed by atoms with Crippen LogP contribution in [0.3, 0.4) is 0 Å². The summed E-state index contributed by atoms with van der Waals surface area (Å²) in [6, 6.07) is 22.7. The second kappa shape index (κ2) is 20.4. The Morgan fingerprint density at radius 3 is 1.76 bits per heavy atom.